The number of nitrogens with zero attached hydrogens (tertiary/aromatic N) is 1. The van der Waals surface area contributed by atoms with Gasteiger partial charge in [0.1, 0.15) is 4.75 Å². The molecule has 0 spiro atoms. The predicted molar refractivity (Wildman–Crippen MR) is 62.4 cm³/mol. The van der Waals surface area contributed by atoms with E-state index in [1.54, 1.807) is 13.8 Å². The first-order chi connectivity index (χ1) is 6.95. The van der Waals surface area contributed by atoms with E-state index < -0.39 is 10.7 Å². The molecule has 0 aliphatic heterocycles. The van der Waals surface area contributed by atoms with Gasteiger partial charge in [-0.2, -0.15) is 0 Å². The second-order valence-electron chi connectivity index (χ2n) is 3.56. The number of hydrogen-bond acceptors (Lipinski definition) is 5. The highest BCUT2D eigenvalue weighted by atomic mass is 32.2. The van der Waals surface area contributed by atoms with Crippen LogP contribution in [0.3, 0.4) is 0 Å². The predicted octanol–water partition coefficient (Wildman–Crippen LogP) is 1.60. The Bertz CT molecular complexity index is 350. The smallest absolute Gasteiger partial charge is 0.319 e. The number of carboxylic acid groups (broad SMARTS) is 1. The summed E-state index contributed by atoms with van der Waals surface area (Å²) in [5.74, 6) is -0.830. The molecule has 0 saturated heterocycles. The maximum Gasteiger partial charge on any atom is 0.319 e. The van der Waals surface area contributed by atoms with Crippen LogP contribution in [0.4, 0.5) is 0 Å². The summed E-state index contributed by atoms with van der Waals surface area (Å²) in [6.07, 6.45) is 0.741. The zero-order valence-corrected chi connectivity index (χ0v) is 10.3. The van der Waals surface area contributed by atoms with Crippen molar-refractivity contribution >= 4 is 29.1 Å². The van der Waals surface area contributed by atoms with Crippen LogP contribution in [0.5, 0.6) is 0 Å². The summed E-state index contributed by atoms with van der Waals surface area (Å²) in [5.41, 5.74) is 6.35. The summed E-state index contributed by atoms with van der Waals surface area (Å²) >= 11 is 2.73. The zero-order valence-electron chi connectivity index (χ0n) is 8.69. The summed E-state index contributed by atoms with van der Waals surface area (Å²) in [7, 11) is 0. The fraction of sp³-hybridized carbons (Fsp3) is 0.556. The van der Waals surface area contributed by atoms with Crippen molar-refractivity contribution in [3.05, 3.63) is 11.1 Å². The Hall–Kier alpha value is -0.590. The molecule has 0 aromatic carbocycles. The molecule has 1 aromatic heterocycles. The van der Waals surface area contributed by atoms with Crippen LogP contribution >= 0.6 is 23.1 Å². The van der Waals surface area contributed by atoms with Crippen LogP contribution in [-0.4, -0.2) is 27.4 Å². The third kappa shape index (κ3) is 3.48. The van der Waals surface area contributed by atoms with E-state index in [1.165, 1.54) is 23.1 Å². The quantitative estimate of drug-likeness (QED) is 0.772. The average Bonchev–Trinajstić information content (AvgIpc) is 2.52. The molecule has 4 nitrogen and oxygen atoms in total. The SMILES string of the molecule is CC(C)(Sc1nc(CCN)cs1)C(=O)O. The van der Waals surface area contributed by atoms with Gasteiger partial charge >= 0.3 is 5.97 Å². The topological polar surface area (TPSA) is 76.2 Å². The number of nitrogens with two attached hydrogens (primary N) is 1. The van der Waals surface area contributed by atoms with E-state index in [-0.39, 0.29) is 0 Å². The normalized spacial score (nSPS) is 11.7. The van der Waals surface area contributed by atoms with Crippen molar-refractivity contribution in [2.75, 3.05) is 6.54 Å². The van der Waals surface area contributed by atoms with Crippen molar-refractivity contribution in [3.8, 4) is 0 Å². The summed E-state index contributed by atoms with van der Waals surface area (Å²) in [6, 6.07) is 0. The number of aromatic nitrogens is 1. The summed E-state index contributed by atoms with van der Waals surface area (Å²) in [6.45, 7) is 3.91. The van der Waals surface area contributed by atoms with Gasteiger partial charge in [-0.25, -0.2) is 4.98 Å². The van der Waals surface area contributed by atoms with Crippen LogP contribution in [-0.2, 0) is 11.2 Å². The lowest BCUT2D eigenvalue weighted by atomic mass is 10.2. The summed E-state index contributed by atoms with van der Waals surface area (Å²) in [5, 5.41) is 10.9. The third-order valence-electron chi connectivity index (χ3n) is 1.79. The van der Waals surface area contributed by atoms with Gasteiger partial charge in [-0.1, -0.05) is 11.8 Å². The second kappa shape index (κ2) is 4.96. The Morgan fingerprint density at radius 1 is 1.73 bits per heavy atom. The molecule has 6 heteroatoms. The molecule has 0 bridgehead atoms. The number of thiazole rings is 1. The molecule has 3 N–H and O–H groups in total. The highest BCUT2D eigenvalue weighted by Crippen LogP contribution is 2.34. The van der Waals surface area contributed by atoms with E-state index in [0.717, 1.165) is 16.5 Å². The van der Waals surface area contributed by atoms with E-state index in [1.807, 2.05) is 5.38 Å². The zero-order chi connectivity index (χ0) is 11.5. The molecule has 1 heterocycles. The van der Waals surface area contributed by atoms with Gasteiger partial charge in [0.25, 0.3) is 0 Å². The Balaban J connectivity index is 2.68. The first-order valence-corrected chi connectivity index (χ1v) is 6.22. The monoisotopic (exact) mass is 246 g/mol. The van der Waals surface area contributed by atoms with Crippen LogP contribution < -0.4 is 5.73 Å². The van der Waals surface area contributed by atoms with Gasteiger partial charge in [-0.05, 0) is 20.4 Å². The van der Waals surface area contributed by atoms with Gasteiger partial charge in [-0.3, -0.25) is 4.79 Å². The Morgan fingerprint density at radius 3 is 2.93 bits per heavy atom. The van der Waals surface area contributed by atoms with Crippen molar-refractivity contribution in [2.24, 2.45) is 5.73 Å². The fourth-order valence-electron chi connectivity index (χ4n) is 0.860. The molecule has 0 unspecified atom stereocenters. The number of aliphatic carboxylic acids is 1. The second-order valence-corrected chi connectivity index (χ2v) is 6.29. The molecule has 0 aliphatic carbocycles. The number of thioether (sulfide) groups is 1. The van der Waals surface area contributed by atoms with E-state index in [9.17, 15) is 4.79 Å². The molecule has 0 radical (unpaired) electrons. The lowest BCUT2D eigenvalue weighted by molar-refractivity contribution is -0.138. The summed E-state index contributed by atoms with van der Waals surface area (Å²) < 4.78 is -0.0523. The minimum absolute atomic E-state index is 0.566. The molecule has 0 atom stereocenters. The Labute approximate surface area is 96.9 Å². The van der Waals surface area contributed by atoms with Crippen LogP contribution in [0.1, 0.15) is 19.5 Å². The minimum atomic E-state index is -0.835. The lowest BCUT2D eigenvalue weighted by Gasteiger charge is -2.15. The van der Waals surface area contributed by atoms with Crippen molar-refractivity contribution in [1.82, 2.24) is 4.98 Å². The van der Waals surface area contributed by atoms with E-state index in [2.05, 4.69) is 4.98 Å². The molecule has 0 amide bonds. The molecular weight excluding hydrogens is 232 g/mol. The first kappa shape index (κ1) is 12.5. The maximum absolute atomic E-state index is 10.9. The minimum Gasteiger partial charge on any atom is -0.480 e. The largest absolute Gasteiger partial charge is 0.480 e. The van der Waals surface area contributed by atoms with Crippen molar-refractivity contribution < 1.29 is 9.90 Å². The fourth-order valence-corrected chi connectivity index (χ4v) is 3.09. The van der Waals surface area contributed by atoms with Gasteiger partial charge in [-0.15, -0.1) is 11.3 Å². The van der Waals surface area contributed by atoms with E-state index in [0.29, 0.717) is 6.54 Å². The van der Waals surface area contributed by atoms with E-state index in [4.69, 9.17) is 10.8 Å². The van der Waals surface area contributed by atoms with Crippen LogP contribution in [0.2, 0.25) is 0 Å². The Morgan fingerprint density at radius 2 is 2.40 bits per heavy atom. The molecule has 15 heavy (non-hydrogen) atoms. The number of carbonyl (C=O) groups is 1. The summed E-state index contributed by atoms with van der Waals surface area (Å²) in [4.78, 5) is 15.2. The van der Waals surface area contributed by atoms with Crippen molar-refractivity contribution in [1.29, 1.82) is 0 Å². The van der Waals surface area contributed by atoms with Crippen molar-refractivity contribution in [2.45, 2.75) is 29.4 Å². The van der Waals surface area contributed by atoms with Crippen LogP contribution in [0.15, 0.2) is 9.72 Å². The molecule has 0 saturated carbocycles. The number of carboxylic acids is 1. The van der Waals surface area contributed by atoms with Crippen LogP contribution in [0.25, 0.3) is 0 Å². The van der Waals surface area contributed by atoms with Crippen molar-refractivity contribution in [3.63, 3.8) is 0 Å². The molecule has 0 aliphatic rings. The average molecular weight is 246 g/mol. The van der Waals surface area contributed by atoms with Gasteiger partial charge in [0.05, 0.1) is 5.69 Å². The lowest BCUT2D eigenvalue weighted by Crippen LogP contribution is -2.26. The van der Waals surface area contributed by atoms with E-state index >= 15 is 0 Å². The molecule has 0 fully saturated rings. The maximum atomic E-state index is 10.9. The Kier molecular flexibility index (Phi) is 4.12. The van der Waals surface area contributed by atoms with Gasteiger partial charge in [0.15, 0.2) is 4.34 Å². The van der Waals surface area contributed by atoms with Gasteiger partial charge in [0.2, 0.25) is 0 Å². The third-order valence-corrected chi connectivity index (χ3v) is 3.96. The highest BCUT2D eigenvalue weighted by molar-refractivity contribution is 8.02. The highest BCUT2D eigenvalue weighted by Gasteiger charge is 2.29. The molecule has 1 aromatic rings. The number of rotatable bonds is 5. The first-order valence-electron chi connectivity index (χ1n) is 4.52. The van der Waals surface area contributed by atoms with Crippen LogP contribution in [0, 0.1) is 0 Å². The van der Waals surface area contributed by atoms with Gasteiger partial charge < -0.3 is 10.8 Å². The molecule has 84 valence electrons. The van der Waals surface area contributed by atoms with Gasteiger partial charge in [0, 0.05) is 11.8 Å². The molecular formula is C9H14N2O2S2. The number of hydrogen-bond donors (Lipinski definition) is 2. The standard InChI is InChI=1S/C9H14N2O2S2/c1-9(2,7(12)13)15-8-11-6(3-4-10)5-14-8/h5H,3-4,10H2,1-2H3,(H,12,13). The molecule has 1 rings (SSSR count).